The molecule has 3 amide bonds. The third-order valence-electron chi connectivity index (χ3n) is 6.25. The van der Waals surface area contributed by atoms with Gasteiger partial charge in [0.05, 0.1) is 0 Å². The van der Waals surface area contributed by atoms with Crippen LogP contribution in [-0.2, 0) is 9.59 Å². The van der Waals surface area contributed by atoms with E-state index in [1.807, 2.05) is 17.0 Å². The molecule has 2 aliphatic rings. The second-order valence-corrected chi connectivity index (χ2v) is 8.54. The third-order valence-corrected chi connectivity index (χ3v) is 6.25. The first kappa shape index (κ1) is 21.9. The summed E-state index contributed by atoms with van der Waals surface area (Å²) in [7, 11) is 0. The number of rotatable bonds is 6. The zero-order chi connectivity index (χ0) is 22.7. The van der Waals surface area contributed by atoms with Crippen LogP contribution in [0.2, 0.25) is 0 Å². The number of β-lactam (4-membered cyclic amide) rings is 1. The van der Waals surface area contributed by atoms with Gasteiger partial charge < -0.3 is 19.9 Å². The summed E-state index contributed by atoms with van der Waals surface area (Å²) >= 11 is 0. The minimum absolute atomic E-state index is 0.00473. The van der Waals surface area contributed by atoms with Crippen molar-refractivity contribution in [3.63, 3.8) is 0 Å². The molecule has 2 saturated heterocycles. The number of carbonyl (C=O) groups excluding carboxylic acids is 3. The summed E-state index contributed by atoms with van der Waals surface area (Å²) in [5, 5.41) is 2.85. The first-order valence-corrected chi connectivity index (χ1v) is 11.2. The van der Waals surface area contributed by atoms with Crippen LogP contribution in [0.1, 0.15) is 49.9 Å². The van der Waals surface area contributed by atoms with Crippen LogP contribution in [0.15, 0.2) is 48.5 Å². The van der Waals surface area contributed by atoms with Gasteiger partial charge in [-0.25, -0.2) is 0 Å². The lowest BCUT2D eigenvalue weighted by Crippen LogP contribution is -2.49. The maximum Gasteiger partial charge on any atom is 0.260 e. The van der Waals surface area contributed by atoms with Crippen molar-refractivity contribution in [3.05, 3.63) is 54.1 Å². The molecule has 7 nitrogen and oxygen atoms in total. The number of amides is 3. The van der Waals surface area contributed by atoms with Crippen molar-refractivity contribution in [2.45, 2.75) is 51.6 Å². The number of nitrogens with one attached hydrogen (secondary N) is 1. The van der Waals surface area contributed by atoms with E-state index in [2.05, 4.69) is 19.2 Å². The molecular weight excluding hydrogens is 406 g/mol. The highest BCUT2D eigenvalue weighted by atomic mass is 16.5. The minimum Gasteiger partial charge on any atom is -0.484 e. The Labute approximate surface area is 188 Å². The molecular formula is C25H29N3O4. The van der Waals surface area contributed by atoms with Crippen molar-refractivity contribution >= 4 is 29.1 Å². The Bertz CT molecular complexity index is 977. The summed E-state index contributed by atoms with van der Waals surface area (Å²) in [6.45, 7) is 4.89. The Kier molecular flexibility index (Phi) is 6.44. The Morgan fingerprint density at radius 2 is 1.66 bits per heavy atom. The maximum atomic E-state index is 12.6. The molecule has 2 aromatic rings. The number of hydrogen-bond donors (Lipinski definition) is 1. The van der Waals surface area contributed by atoms with Crippen LogP contribution in [0, 0.1) is 0 Å². The predicted octanol–water partition coefficient (Wildman–Crippen LogP) is 3.84. The number of benzene rings is 2. The zero-order valence-corrected chi connectivity index (χ0v) is 18.5. The summed E-state index contributed by atoms with van der Waals surface area (Å²) in [5.74, 6) is 0.424. The van der Waals surface area contributed by atoms with Gasteiger partial charge in [-0.3, -0.25) is 14.4 Å². The molecule has 2 fully saturated rings. The van der Waals surface area contributed by atoms with Crippen LogP contribution in [0.25, 0.3) is 0 Å². The molecule has 0 radical (unpaired) electrons. The van der Waals surface area contributed by atoms with Gasteiger partial charge in [-0.2, -0.15) is 0 Å². The maximum absolute atomic E-state index is 12.6. The molecule has 0 saturated carbocycles. The largest absolute Gasteiger partial charge is 0.484 e. The van der Waals surface area contributed by atoms with Crippen molar-refractivity contribution in [2.75, 3.05) is 23.4 Å². The number of likely N-dealkylation sites (tertiary alicyclic amines) is 1. The van der Waals surface area contributed by atoms with Crippen LogP contribution in [0.5, 0.6) is 5.75 Å². The third kappa shape index (κ3) is 4.77. The lowest BCUT2D eigenvalue weighted by molar-refractivity contribution is -0.139. The lowest BCUT2D eigenvalue weighted by Gasteiger charge is -2.38. The van der Waals surface area contributed by atoms with Crippen LogP contribution in [-0.4, -0.2) is 47.9 Å². The quantitative estimate of drug-likeness (QED) is 0.699. The summed E-state index contributed by atoms with van der Waals surface area (Å²) in [4.78, 5) is 40.3. The summed E-state index contributed by atoms with van der Waals surface area (Å²) in [6, 6.07) is 14.4. The fraction of sp³-hybridized carbons (Fsp3) is 0.400. The fourth-order valence-corrected chi connectivity index (χ4v) is 4.35. The van der Waals surface area contributed by atoms with E-state index in [9.17, 15) is 14.4 Å². The molecule has 4 rings (SSSR count). The van der Waals surface area contributed by atoms with E-state index in [1.54, 1.807) is 41.3 Å². The van der Waals surface area contributed by atoms with Crippen molar-refractivity contribution in [3.8, 4) is 5.75 Å². The van der Waals surface area contributed by atoms with Gasteiger partial charge in [0.25, 0.3) is 11.8 Å². The molecule has 0 aliphatic carbocycles. The van der Waals surface area contributed by atoms with Gasteiger partial charge in [-0.15, -0.1) is 0 Å². The Hall–Kier alpha value is -3.35. The molecule has 0 unspecified atom stereocenters. The Morgan fingerprint density at radius 1 is 1.00 bits per heavy atom. The van der Waals surface area contributed by atoms with Crippen LogP contribution in [0.3, 0.4) is 0 Å². The van der Waals surface area contributed by atoms with Gasteiger partial charge in [-0.1, -0.05) is 0 Å². The van der Waals surface area contributed by atoms with Crippen molar-refractivity contribution in [1.29, 1.82) is 0 Å². The van der Waals surface area contributed by atoms with Crippen LogP contribution in [0.4, 0.5) is 11.4 Å². The second kappa shape index (κ2) is 9.42. The molecule has 2 atom stereocenters. The minimum atomic E-state index is -0.239. The topological polar surface area (TPSA) is 79.0 Å². The van der Waals surface area contributed by atoms with E-state index in [0.717, 1.165) is 31.5 Å². The smallest absolute Gasteiger partial charge is 0.260 e. The fourth-order valence-electron chi connectivity index (χ4n) is 4.35. The predicted molar refractivity (Wildman–Crippen MR) is 123 cm³/mol. The van der Waals surface area contributed by atoms with Crippen molar-refractivity contribution in [1.82, 2.24) is 4.90 Å². The molecule has 1 N–H and O–H groups in total. The van der Waals surface area contributed by atoms with Crippen molar-refractivity contribution < 1.29 is 19.1 Å². The SMILES string of the molecule is C[C@H]1CCC[C@H](C)N1C(=O)COc1ccc(C(=O)Nc2ccc(N3CCC3=O)cc2)cc1. The van der Waals surface area contributed by atoms with Gasteiger partial charge in [0, 0.05) is 42.0 Å². The first-order valence-electron chi connectivity index (χ1n) is 11.2. The zero-order valence-electron chi connectivity index (χ0n) is 18.5. The molecule has 2 aromatic carbocycles. The highest BCUT2D eigenvalue weighted by molar-refractivity contribution is 6.04. The molecule has 7 heteroatoms. The standard InChI is InChI=1S/C25H29N3O4/c1-17-4-3-5-18(2)28(17)24(30)16-32-22-12-6-19(7-13-22)25(31)26-20-8-10-21(11-9-20)27-15-14-23(27)29/h6-13,17-18H,3-5,14-16H2,1-2H3,(H,26,31)/t17-,18-/m0/s1. The Balaban J connectivity index is 1.29. The average Bonchev–Trinajstić information content (AvgIpc) is 2.78. The highest BCUT2D eigenvalue weighted by Gasteiger charge is 2.29. The van der Waals surface area contributed by atoms with Gasteiger partial charge in [-0.05, 0) is 81.6 Å². The number of ether oxygens (including phenoxy) is 1. The van der Waals surface area contributed by atoms with Gasteiger partial charge in [0.15, 0.2) is 6.61 Å². The van der Waals surface area contributed by atoms with E-state index < -0.39 is 0 Å². The normalized spacial score (nSPS) is 20.5. The van der Waals surface area contributed by atoms with E-state index in [4.69, 9.17) is 4.74 Å². The number of hydrogen-bond acceptors (Lipinski definition) is 4. The summed E-state index contributed by atoms with van der Waals surface area (Å²) < 4.78 is 5.68. The summed E-state index contributed by atoms with van der Waals surface area (Å²) in [6.07, 6.45) is 3.79. The van der Waals surface area contributed by atoms with E-state index in [-0.39, 0.29) is 36.4 Å². The lowest BCUT2D eigenvalue weighted by atomic mass is 9.97. The van der Waals surface area contributed by atoms with E-state index >= 15 is 0 Å². The molecule has 0 spiro atoms. The van der Waals surface area contributed by atoms with Gasteiger partial charge in [0.1, 0.15) is 5.75 Å². The second-order valence-electron chi connectivity index (χ2n) is 8.54. The molecule has 168 valence electrons. The average molecular weight is 436 g/mol. The molecule has 2 aliphatic heterocycles. The molecule has 2 heterocycles. The number of carbonyl (C=O) groups is 3. The van der Waals surface area contributed by atoms with Crippen LogP contribution >= 0.6 is 0 Å². The summed E-state index contributed by atoms with van der Waals surface area (Å²) in [5.41, 5.74) is 1.98. The number of anilines is 2. The first-order chi connectivity index (χ1) is 15.4. The highest BCUT2D eigenvalue weighted by Crippen LogP contribution is 2.25. The van der Waals surface area contributed by atoms with E-state index in [1.165, 1.54) is 0 Å². The monoisotopic (exact) mass is 435 g/mol. The molecule has 0 bridgehead atoms. The molecule has 32 heavy (non-hydrogen) atoms. The molecule has 0 aromatic heterocycles. The Morgan fingerprint density at radius 3 is 2.22 bits per heavy atom. The van der Waals surface area contributed by atoms with Gasteiger partial charge in [0.2, 0.25) is 5.91 Å². The number of piperidine rings is 1. The van der Waals surface area contributed by atoms with Crippen LogP contribution < -0.4 is 15.0 Å². The number of nitrogens with zero attached hydrogens (tertiary/aromatic N) is 2. The van der Waals surface area contributed by atoms with Crippen molar-refractivity contribution in [2.24, 2.45) is 0 Å². The van der Waals surface area contributed by atoms with Gasteiger partial charge >= 0.3 is 0 Å². The van der Waals surface area contributed by atoms with E-state index in [0.29, 0.717) is 23.4 Å².